The molecular weight excluding hydrogens is 231 g/mol. The fraction of sp³-hybridized carbons (Fsp3) is 0.500. The van der Waals surface area contributed by atoms with Gasteiger partial charge in [0, 0.05) is 26.2 Å². The monoisotopic (exact) mass is 250 g/mol. The van der Waals surface area contributed by atoms with E-state index in [0.717, 1.165) is 26.1 Å². The SMILES string of the molecule is CCCN1CCN(C(=O)c2ccccc2F)CC1. The predicted molar refractivity (Wildman–Crippen MR) is 69.0 cm³/mol. The van der Waals surface area contributed by atoms with Crippen molar-refractivity contribution in [2.75, 3.05) is 32.7 Å². The van der Waals surface area contributed by atoms with Crippen molar-refractivity contribution < 1.29 is 9.18 Å². The highest BCUT2D eigenvalue weighted by atomic mass is 19.1. The maximum Gasteiger partial charge on any atom is 0.256 e. The largest absolute Gasteiger partial charge is 0.336 e. The number of amides is 1. The molecule has 1 aromatic rings. The summed E-state index contributed by atoms with van der Waals surface area (Å²) in [6, 6.07) is 6.19. The van der Waals surface area contributed by atoms with E-state index in [1.165, 1.54) is 6.07 Å². The fourth-order valence-corrected chi connectivity index (χ4v) is 2.30. The molecule has 18 heavy (non-hydrogen) atoms. The van der Waals surface area contributed by atoms with Gasteiger partial charge in [0.1, 0.15) is 5.82 Å². The van der Waals surface area contributed by atoms with E-state index in [0.29, 0.717) is 13.1 Å². The van der Waals surface area contributed by atoms with E-state index in [4.69, 9.17) is 0 Å². The number of hydrogen-bond acceptors (Lipinski definition) is 2. The molecule has 98 valence electrons. The van der Waals surface area contributed by atoms with Gasteiger partial charge in [-0.3, -0.25) is 9.69 Å². The molecule has 0 aliphatic carbocycles. The number of piperazine rings is 1. The van der Waals surface area contributed by atoms with Crippen LogP contribution in [0.3, 0.4) is 0 Å². The molecule has 0 N–H and O–H groups in total. The van der Waals surface area contributed by atoms with Gasteiger partial charge in [0.15, 0.2) is 0 Å². The summed E-state index contributed by atoms with van der Waals surface area (Å²) < 4.78 is 13.5. The van der Waals surface area contributed by atoms with Crippen LogP contribution in [0.4, 0.5) is 4.39 Å². The van der Waals surface area contributed by atoms with Crippen molar-refractivity contribution in [2.45, 2.75) is 13.3 Å². The van der Waals surface area contributed by atoms with Crippen molar-refractivity contribution in [3.8, 4) is 0 Å². The minimum atomic E-state index is -0.432. The summed E-state index contributed by atoms with van der Waals surface area (Å²) in [7, 11) is 0. The predicted octanol–water partition coefficient (Wildman–Crippen LogP) is 1.99. The first-order valence-electron chi connectivity index (χ1n) is 6.48. The summed E-state index contributed by atoms with van der Waals surface area (Å²) in [6.45, 7) is 6.36. The van der Waals surface area contributed by atoms with Gasteiger partial charge in [-0.15, -0.1) is 0 Å². The van der Waals surface area contributed by atoms with E-state index >= 15 is 0 Å². The highest BCUT2D eigenvalue weighted by Crippen LogP contribution is 2.12. The van der Waals surface area contributed by atoms with E-state index < -0.39 is 5.82 Å². The number of halogens is 1. The van der Waals surface area contributed by atoms with E-state index in [2.05, 4.69) is 11.8 Å². The summed E-state index contributed by atoms with van der Waals surface area (Å²) in [6.07, 6.45) is 1.13. The molecule has 2 rings (SSSR count). The van der Waals surface area contributed by atoms with Crippen LogP contribution in [0, 0.1) is 5.82 Å². The standard InChI is InChI=1S/C14H19FN2O/c1-2-7-16-8-10-17(11-9-16)14(18)12-5-3-4-6-13(12)15/h3-6H,2,7-11H2,1H3. The summed E-state index contributed by atoms with van der Waals surface area (Å²) in [5.41, 5.74) is 0.182. The van der Waals surface area contributed by atoms with Crippen LogP contribution in [0.1, 0.15) is 23.7 Å². The van der Waals surface area contributed by atoms with Crippen LogP contribution in [-0.4, -0.2) is 48.4 Å². The summed E-state index contributed by atoms with van der Waals surface area (Å²) >= 11 is 0. The molecule has 1 aliphatic heterocycles. The lowest BCUT2D eigenvalue weighted by molar-refractivity contribution is 0.0633. The van der Waals surface area contributed by atoms with Gasteiger partial charge >= 0.3 is 0 Å². The Morgan fingerprint density at radius 3 is 2.50 bits per heavy atom. The van der Waals surface area contributed by atoms with Crippen LogP contribution >= 0.6 is 0 Å². The second-order valence-electron chi connectivity index (χ2n) is 4.61. The maximum atomic E-state index is 13.5. The van der Waals surface area contributed by atoms with E-state index in [1.807, 2.05) is 0 Å². The molecule has 0 unspecified atom stereocenters. The van der Waals surface area contributed by atoms with Crippen molar-refractivity contribution in [3.05, 3.63) is 35.6 Å². The zero-order chi connectivity index (χ0) is 13.0. The van der Waals surface area contributed by atoms with Crippen LogP contribution in [0.15, 0.2) is 24.3 Å². The molecule has 0 atom stereocenters. The minimum Gasteiger partial charge on any atom is -0.336 e. The van der Waals surface area contributed by atoms with Crippen molar-refractivity contribution in [2.24, 2.45) is 0 Å². The first kappa shape index (κ1) is 13.0. The van der Waals surface area contributed by atoms with Crippen molar-refractivity contribution in [1.82, 2.24) is 9.80 Å². The highest BCUT2D eigenvalue weighted by molar-refractivity contribution is 5.94. The number of carbonyl (C=O) groups is 1. The molecule has 0 bridgehead atoms. The number of nitrogens with zero attached hydrogens (tertiary/aromatic N) is 2. The first-order chi connectivity index (χ1) is 8.72. The normalized spacial score (nSPS) is 16.9. The van der Waals surface area contributed by atoms with Gasteiger partial charge in [-0.2, -0.15) is 0 Å². The lowest BCUT2D eigenvalue weighted by Gasteiger charge is -2.34. The van der Waals surface area contributed by atoms with Crippen molar-refractivity contribution in [3.63, 3.8) is 0 Å². The molecule has 0 radical (unpaired) electrons. The van der Waals surface area contributed by atoms with Gasteiger partial charge in [0.05, 0.1) is 5.56 Å². The Morgan fingerprint density at radius 2 is 1.89 bits per heavy atom. The van der Waals surface area contributed by atoms with E-state index in [1.54, 1.807) is 23.1 Å². The van der Waals surface area contributed by atoms with E-state index in [-0.39, 0.29) is 11.5 Å². The lowest BCUT2D eigenvalue weighted by Crippen LogP contribution is -2.48. The minimum absolute atomic E-state index is 0.182. The van der Waals surface area contributed by atoms with Gasteiger partial charge in [-0.05, 0) is 25.1 Å². The number of hydrogen-bond donors (Lipinski definition) is 0. The highest BCUT2D eigenvalue weighted by Gasteiger charge is 2.23. The van der Waals surface area contributed by atoms with Crippen molar-refractivity contribution >= 4 is 5.91 Å². The van der Waals surface area contributed by atoms with Crippen LogP contribution in [0.5, 0.6) is 0 Å². The Hall–Kier alpha value is -1.42. The molecule has 4 heteroatoms. The average molecular weight is 250 g/mol. The molecule has 1 aliphatic rings. The average Bonchev–Trinajstić information content (AvgIpc) is 2.40. The zero-order valence-electron chi connectivity index (χ0n) is 10.7. The van der Waals surface area contributed by atoms with Crippen LogP contribution in [-0.2, 0) is 0 Å². The second-order valence-corrected chi connectivity index (χ2v) is 4.61. The fourth-order valence-electron chi connectivity index (χ4n) is 2.30. The summed E-state index contributed by atoms with van der Waals surface area (Å²) in [5, 5.41) is 0. The van der Waals surface area contributed by atoms with Gasteiger partial charge < -0.3 is 4.90 Å². The first-order valence-corrected chi connectivity index (χ1v) is 6.48. The number of carbonyl (C=O) groups excluding carboxylic acids is 1. The molecule has 0 aromatic heterocycles. The lowest BCUT2D eigenvalue weighted by atomic mass is 10.1. The topological polar surface area (TPSA) is 23.6 Å². The third-order valence-corrected chi connectivity index (χ3v) is 3.30. The Labute approximate surface area is 107 Å². The van der Waals surface area contributed by atoms with Crippen LogP contribution < -0.4 is 0 Å². The second kappa shape index (κ2) is 5.96. The van der Waals surface area contributed by atoms with Gasteiger partial charge in [-0.1, -0.05) is 19.1 Å². The van der Waals surface area contributed by atoms with Crippen molar-refractivity contribution in [1.29, 1.82) is 0 Å². The molecule has 0 spiro atoms. The molecule has 1 amide bonds. The summed E-state index contributed by atoms with van der Waals surface area (Å²) in [5.74, 6) is -0.622. The maximum absolute atomic E-state index is 13.5. The molecule has 0 saturated carbocycles. The van der Waals surface area contributed by atoms with Gasteiger partial charge in [-0.25, -0.2) is 4.39 Å². The zero-order valence-corrected chi connectivity index (χ0v) is 10.7. The van der Waals surface area contributed by atoms with E-state index in [9.17, 15) is 9.18 Å². The number of rotatable bonds is 3. The van der Waals surface area contributed by atoms with Gasteiger partial charge in [0.2, 0.25) is 0 Å². The molecular formula is C14H19FN2O. The van der Waals surface area contributed by atoms with Gasteiger partial charge in [0.25, 0.3) is 5.91 Å². The molecule has 1 aromatic carbocycles. The Kier molecular flexibility index (Phi) is 4.31. The number of benzene rings is 1. The smallest absolute Gasteiger partial charge is 0.256 e. The molecule has 3 nitrogen and oxygen atoms in total. The summed E-state index contributed by atoms with van der Waals surface area (Å²) in [4.78, 5) is 16.2. The van der Waals surface area contributed by atoms with Crippen LogP contribution in [0.25, 0.3) is 0 Å². The molecule has 1 fully saturated rings. The molecule has 1 saturated heterocycles. The Balaban J connectivity index is 1.98. The Bertz CT molecular complexity index is 414. The third kappa shape index (κ3) is 2.88. The third-order valence-electron chi connectivity index (χ3n) is 3.30. The molecule has 1 heterocycles. The quantitative estimate of drug-likeness (QED) is 0.819. The Morgan fingerprint density at radius 1 is 1.22 bits per heavy atom. The van der Waals surface area contributed by atoms with Crippen LogP contribution in [0.2, 0.25) is 0 Å².